The Morgan fingerprint density at radius 3 is 2.03 bits per heavy atom. The molecule has 0 fully saturated rings. The smallest absolute Gasteiger partial charge is 0.289 e. The minimum Gasteiger partial charge on any atom is -0.369 e. The van der Waals surface area contributed by atoms with Gasteiger partial charge in [0.2, 0.25) is 5.82 Å². The number of hydrogen-bond acceptors (Lipinski definition) is 5. The van der Waals surface area contributed by atoms with Gasteiger partial charge in [0, 0.05) is 18.0 Å². The Hall–Kier alpha value is -1.69. The Labute approximate surface area is 192 Å². The predicted molar refractivity (Wildman–Crippen MR) is 134 cm³/mol. The normalized spacial score (nSPS) is 11.2. The maximum absolute atomic E-state index is 12.7. The highest BCUT2D eigenvalue weighted by Crippen LogP contribution is 2.33. The molecular formula is C25H42N4OS. The molecule has 0 aromatic carbocycles. The fourth-order valence-corrected chi connectivity index (χ4v) is 4.81. The van der Waals surface area contributed by atoms with Gasteiger partial charge in [-0.1, -0.05) is 78.1 Å². The summed E-state index contributed by atoms with van der Waals surface area (Å²) >= 11 is 1.65. The van der Waals surface area contributed by atoms with E-state index < -0.39 is 0 Å². The van der Waals surface area contributed by atoms with E-state index in [0.717, 1.165) is 41.8 Å². The van der Waals surface area contributed by atoms with Crippen LogP contribution in [0.25, 0.3) is 10.2 Å². The second-order valence-electron chi connectivity index (χ2n) is 8.58. The number of thiophene rings is 1. The summed E-state index contributed by atoms with van der Waals surface area (Å²) in [6.45, 7) is 10.3. The van der Waals surface area contributed by atoms with Gasteiger partial charge in [0.05, 0.1) is 5.39 Å². The van der Waals surface area contributed by atoms with Crippen LogP contribution in [-0.2, 0) is 0 Å². The largest absolute Gasteiger partial charge is 0.369 e. The molecule has 2 heterocycles. The third-order valence-electron chi connectivity index (χ3n) is 5.87. The van der Waals surface area contributed by atoms with E-state index in [1.807, 2.05) is 0 Å². The predicted octanol–water partition coefficient (Wildman–Crippen LogP) is 7.17. The second-order valence-corrected chi connectivity index (χ2v) is 9.78. The Kier molecular flexibility index (Phi) is 11.9. The molecule has 0 aliphatic carbocycles. The topological polar surface area (TPSA) is 66.9 Å². The number of aromatic nitrogens is 2. The maximum atomic E-state index is 12.7. The molecule has 0 bridgehead atoms. The summed E-state index contributed by atoms with van der Waals surface area (Å²) in [6.07, 6.45) is 14.8. The van der Waals surface area contributed by atoms with Crippen LogP contribution in [-0.4, -0.2) is 29.0 Å². The summed E-state index contributed by atoms with van der Waals surface area (Å²) in [7, 11) is 0. The molecule has 2 aromatic heterocycles. The first-order valence-corrected chi connectivity index (χ1v) is 13.2. The van der Waals surface area contributed by atoms with Crippen molar-refractivity contribution in [1.29, 1.82) is 0 Å². The summed E-state index contributed by atoms with van der Waals surface area (Å²) in [5.41, 5.74) is 1.21. The Morgan fingerprint density at radius 2 is 1.39 bits per heavy atom. The van der Waals surface area contributed by atoms with Gasteiger partial charge < -0.3 is 10.6 Å². The minimum absolute atomic E-state index is 0.165. The van der Waals surface area contributed by atoms with Crippen LogP contribution < -0.4 is 10.6 Å². The molecule has 0 aliphatic rings. The highest BCUT2D eigenvalue weighted by molar-refractivity contribution is 7.18. The number of hydrogen-bond donors (Lipinski definition) is 2. The first-order valence-electron chi connectivity index (χ1n) is 12.4. The highest BCUT2D eigenvalue weighted by Gasteiger charge is 2.18. The van der Waals surface area contributed by atoms with Crippen LogP contribution in [0.4, 0.5) is 5.82 Å². The Bertz CT molecular complexity index is 802. The molecule has 0 atom stereocenters. The zero-order chi connectivity index (χ0) is 22.5. The average Bonchev–Trinajstić information content (AvgIpc) is 3.05. The van der Waals surface area contributed by atoms with Crippen LogP contribution in [0.1, 0.15) is 112 Å². The molecule has 0 saturated carbocycles. The molecular weight excluding hydrogens is 404 g/mol. The van der Waals surface area contributed by atoms with E-state index in [2.05, 4.69) is 48.3 Å². The molecule has 0 unspecified atom stereocenters. The molecule has 0 saturated heterocycles. The first-order chi connectivity index (χ1) is 15.1. The van der Waals surface area contributed by atoms with Gasteiger partial charge in [-0.05, 0) is 32.3 Å². The molecule has 6 heteroatoms. The van der Waals surface area contributed by atoms with Crippen molar-refractivity contribution in [2.24, 2.45) is 0 Å². The summed E-state index contributed by atoms with van der Waals surface area (Å²) in [5, 5.41) is 7.58. The van der Waals surface area contributed by atoms with E-state index >= 15 is 0 Å². The quantitative estimate of drug-likeness (QED) is 0.268. The van der Waals surface area contributed by atoms with Gasteiger partial charge >= 0.3 is 0 Å². The summed E-state index contributed by atoms with van der Waals surface area (Å²) in [6, 6.07) is 0. The van der Waals surface area contributed by atoms with Crippen molar-refractivity contribution in [3.8, 4) is 0 Å². The van der Waals surface area contributed by atoms with Gasteiger partial charge in [-0.15, -0.1) is 11.3 Å². The SMILES string of the molecule is CCCCCCCCNC(=O)c1nc(NCCCCCCCC)c2c(C)c(C)sc2n1. The maximum Gasteiger partial charge on any atom is 0.289 e. The molecule has 2 aromatic rings. The van der Waals surface area contributed by atoms with Crippen LogP contribution in [0.2, 0.25) is 0 Å². The van der Waals surface area contributed by atoms with E-state index in [4.69, 9.17) is 0 Å². The third-order valence-corrected chi connectivity index (χ3v) is 6.97. The van der Waals surface area contributed by atoms with Crippen molar-refractivity contribution in [2.75, 3.05) is 18.4 Å². The van der Waals surface area contributed by atoms with Crippen LogP contribution in [0.15, 0.2) is 0 Å². The first kappa shape index (κ1) is 25.6. The van der Waals surface area contributed by atoms with Crippen molar-refractivity contribution in [3.05, 3.63) is 16.3 Å². The third kappa shape index (κ3) is 8.40. The van der Waals surface area contributed by atoms with Gasteiger partial charge in [0.25, 0.3) is 5.91 Å². The lowest BCUT2D eigenvalue weighted by Gasteiger charge is -2.10. The van der Waals surface area contributed by atoms with Crippen molar-refractivity contribution >= 4 is 33.3 Å². The van der Waals surface area contributed by atoms with Crippen molar-refractivity contribution in [3.63, 3.8) is 0 Å². The molecule has 2 N–H and O–H groups in total. The minimum atomic E-state index is -0.165. The van der Waals surface area contributed by atoms with Gasteiger partial charge in [-0.2, -0.15) is 0 Å². The van der Waals surface area contributed by atoms with Crippen LogP contribution in [0.3, 0.4) is 0 Å². The standard InChI is InChI=1S/C25H42N4OS/c1-5-7-9-11-13-15-17-26-22-21-19(3)20(4)31-25(21)29-23(28-22)24(30)27-18-16-14-12-10-8-6-2/h5-18H2,1-4H3,(H,27,30)(H,26,28,29). The van der Waals surface area contributed by atoms with Gasteiger partial charge in [0.1, 0.15) is 10.6 Å². The van der Waals surface area contributed by atoms with E-state index in [9.17, 15) is 4.79 Å². The molecule has 174 valence electrons. The van der Waals surface area contributed by atoms with E-state index in [0.29, 0.717) is 6.54 Å². The Balaban J connectivity index is 1.94. The molecule has 0 radical (unpaired) electrons. The number of aryl methyl sites for hydroxylation is 2. The number of carbonyl (C=O) groups is 1. The highest BCUT2D eigenvalue weighted by atomic mass is 32.1. The molecule has 0 spiro atoms. The van der Waals surface area contributed by atoms with Gasteiger partial charge in [-0.25, -0.2) is 9.97 Å². The van der Waals surface area contributed by atoms with Crippen molar-refractivity contribution < 1.29 is 4.79 Å². The lowest BCUT2D eigenvalue weighted by Crippen LogP contribution is -2.26. The number of nitrogens with one attached hydrogen (secondary N) is 2. The number of amides is 1. The fourth-order valence-electron chi connectivity index (χ4n) is 3.78. The molecule has 31 heavy (non-hydrogen) atoms. The lowest BCUT2D eigenvalue weighted by atomic mass is 10.1. The van der Waals surface area contributed by atoms with Crippen molar-refractivity contribution in [2.45, 2.75) is 105 Å². The van der Waals surface area contributed by atoms with Gasteiger partial charge in [-0.3, -0.25) is 4.79 Å². The molecule has 2 rings (SSSR count). The molecule has 5 nitrogen and oxygen atoms in total. The van der Waals surface area contributed by atoms with Crippen LogP contribution >= 0.6 is 11.3 Å². The Morgan fingerprint density at radius 1 is 0.806 bits per heavy atom. The van der Waals surface area contributed by atoms with Crippen LogP contribution in [0, 0.1) is 13.8 Å². The van der Waals surface area contributed by atoms with E-state index in [1.54, 1.807) is 11.3 Å². The van der Waals surface area contributed by atoms with Crippen molar-refractivity contribution in [1.82, 2.24) is 15.3 Å². The average molecular weight is 447 g/mol. The fraction of sp³-hybridized carbons (Fsp3) is 0.720. The van der Waals surface area contributed by atoms with E-state index in [1.165, 1.54) is 68.2 Å². The van der Waals surface area contributed by atoms with Crippen LogP contribution in [0.5, 0.6) is 0 Å². The lowest BCUT2D eigenvalue weighted by molar-refractivity contribution is 0.0943. The summed E-state index contributed by atoms with van der Waals surface area (Å²) in [5.74, 6) is 0.928. The zero-order valence-corrected chi connectivity index (χ0v) is 20.9. The number of fused-ring (bicyclic) bond motifs is 1. The number of nitrogens with zero attached hydrogens (tertiary/aromatic N) is 2. The number of rotatable bonds is 16. The number of unbranched alkanes of at least 4 members (excludes halogenated alkanes) is 10. The van der Waals surface area contributed by atoms with E-state index in [-0.39, 0.29) is 11.7 Å². The zero-order valence-electron chi connectivity index (χ0n) is 20.1. The molecule has 1 amide bonds. The summed E-state index contributed by atoms with van der Waals surface area (Å²) in [4.78, 5) is 24.0. The van der Waals surface area contributed by atoms with Gasteiger partial charge in [0.15, 0.2) is 0 Å². The number of anilines is 1. The second kappa shape index (κ2) is 14.4. The summed E-state index contributed by atoms with van der Waals surface area (Å²) < 4.78 is 0. The molecule has 0 aliphatic heterocycles. The number of carbonyl (C=O) groups excluding carboxylic acids is 1. The monoisotopic (exact) mass is 446 g/mol.